The van der Waals surface area contributed by atoms with Gasteiger partial charge in [0, 0.05) is 22.9 Å². The zero-order valence-corrected chi connectivity index (χ0v) is 18.3. The molecular formula is C25H21FN4O4. The Morgan fingerprint density at radius 1 is 1.12 bits per heavy atom. The SMILES string of the molecule is Cc1cc(NC(=O)C(OC(=O)c2nn(-c3ccc(F)cc3)c3c2CCC3)c2ccccc2)no1. The van der Waals surface area contributed by atoms with Gasteiger partial charge in [-0.2, -0.15) is 5.10 Å². The Morgan fingerprint density at radius 2 is 1.88 bits per heavy atom. The normalized spacial score (nSPS) is 13.4. The maximum Gasteiger partial charge on any atom is 0.360 e. The Hall–Kier alpha value is -4.27. The minimum Gasteiger partial charge on any atom is -0.442 e. The smallest absolute Gasteiger partial charge is 0.360 e. The highest BCUT2D eigenvalue weighted by Gasteiger charge is 2.32. The number of amides is 1. The number of nitrogens with one attached hydrogen (secondary N) is 1. The van der Waals surface area contributed by atoms with Crippen LogP contribution in [0.3, 0.4) is 0 Å². The fraction of sp³-hybridized carbons (Fsp3) is 0.200. The molecule has 1 amide bonds. The van der Waals surface area contributed by atoms with Crippen LogP contribution in [-0.4, -0.2) is 26.8 Å². The molecule has 1 atom stereocenters. The number of benzene rings is 2. The number of anilines is 1. The van der Waals surface area contributed by atoms with Crippen molar-refractivity contribution in [3.63, 3.8) is 0 Å². The second-order valence-electron chi connectivity index (χ2n) is 8.02. The maximum atomic E-state index is 13.4. The molecule has 8 nitrogen and oxygen atoms in total. The summed E-state index contributed by atoms with van der Waals surface area (Å²) in [6.45, 7) is 1.70. The quantitative estimate of drug-likeness (QED) is 0.430. The zero-order chi connectivity index (χ0) is 23.7. The standard InChI is InChI=1S/C25H21FN4O4/c1-15-14-21(29-34-15)27-24(31)23(16-6-3-2-4-7-16)33-25(32)22-19-8-5-9-20(19)30(28-22)18-12-10-17(26)11-13-18/h2-4,6-7,10-14,23H,5,8-9H2,1H3,(H,27,29,31). The van der Waals surface area contributed by atoms with Gasteiger partial charge in [0.25, 0.3) is 5.91 Å². The van der Waals surface area contributed by atoms with Crippen molar-refractivity contribution in [2.24, 2.45) is 0 Å². The minimum absolute atomic E-state index is 0.155. The third-order valence-electron chi connectivity index (χ3n) is 5.64. The number of halogens is 1. The van der Waals surface area contributed by atoms with Gasteiger partial charge in [-0.05, 0) is 50.5 Å². The largest absolute Gasteiger partial charge is 0.442 e. The Morgan fingerprint density at radius 3 is 2.59 bits per heavy atom. The molecule has 1 unspecified atom stereocenters. The van der Waals surface area contributed by atoms with Gasteiger partial charge in [0.15, 0.2) is 11.5 Å². The Bertz CT molecular complexity index is 1350. The van der Waals surface area contributed by atoms with Gasteiger partial charge in [-0.25, -0.2) is 13.9 Å². The van der Waals surface area contributed by atoms with E-state index in [0.29, 0.717) is 23.4 Å². The van der Waals surface area contributed by atoms with Crippen LogP contribution in [0.25, 0.3) is 5.69 Å². The van der Waals surface area contributed by atoms with Crippen molar-refractivity contribution in [3.05, 3.63) is 94.8 Å². The molecule has 1 N–H and O–H groups in total. The number of carbonyl (C=O) groups is 2. The number of carbonyl (C=O) groups excluding carboxylic acids is 2. The lowest BCUT2D eigenvalue weighted by atomic mass is 10.1. The van der Waals surface area contributed by atoms with E-state index in [9.17, 15) is 14.0 Å². The fourth-order valence-corrected chi connectivity index (χ4v) is 4.08. The van der Waals surface area contributed by atoms with E-state index in [1.54, 1.807) is 60.1 Å². The van der Waals surface area contributed by atoms with E-state index in [-0.39, 0.29) is 17.3 Å². The summed E-state index contributed by atoms with van der Waals surface area (Å²) >= 11 is 0. The topological polar surface area (TPSA) is 99.2 Å². The van der Waals surface area contributed by atoms with Crippen molar-refractivity contribution >= 4 is 17.7 Å². The van der Waals surface area contributed by atoms with Crippen molar-refractivity contribution in [1.82, 2.24) is 14.9 Å². The lowest BCUT2D eigenvalue weighted by Gasteiger charge is -2.17. The molecule has 0 aliphatic heterocycles. The van der Waals surface area contributed by atoms with Crippen molar-refractivity contribution in [1.29, 1.82) is 0 Å². The molecule has 2 heterocycles. The number of rotatable bonds is 6. The highest BCUT2D eigenvalue weighted by Crippen LogP contribution is 2.30. The number of esters is 1. The van der Waals surface area contributed by atoms with Crippen LogP contribution in [0.1, 0.15) is 45.6 Å². The van der Waals surface area contributed by atoms with Crippen LogP contribution in [0.4, 0.5) is 10.2 Å². The highest BCUT2D eigenvalue weighted by atomic mass is 19.1. The second kappa shape index (κ2) is 8.93. The van der Waals surface area contributed by atoms with Crippen LogP contribution >= 0.6 is 0 Å². The molecule has 0 saturated heterocycles. The summed E-state index contributed by atoms with van der Waals surface area (Å²) in [5.41, 5.74) is 2.98. The highest BCUT2D eigenvalue weighted by molar-refractivity contribution is 5.97. The fourth-order valence-electron chi connectivity index (χ4n) is 4.08. The van der Waals surface area contributed by atoms with Crippen LogP contribution in [0.2, 0.25) is 0 Å². The van der Waals surface area contributed by atoms with Crippen molar-refractivity contribution in [3.8, 4) is 5.69 Å². The summed E-state index contributed by atoms with van der Waals surface area (Å²) in [4.78, 5) is 26.3. The monoisotopic (exact) mass is 460 g/mol. The van der Waals surface area contributed by atoms with Crippen LogP contribution in [0.5, 0.6) is 0 Å². The summed E-state index contributed by atoms with van der Waals surface area (Å²) in [7, 11) is 0. The molecule has 1 aliphatic rings. The van der Waals surface area contributed by atoms with E-state index in [2.05, 4.69) is 15.6 Å². The first-order chi connectivity index (χ1) is 16.5. The third-order valence-corrected chi connectivity index (χ3v) is 5.64. The van der Waals surface area contributed by atoms with E-state index >= 15 is 0 Å². The van der Waals surface area contributed by atoms with Gasteiger partial charge in [0.1, 0.15) is 11.6 Å². The summed E-state index contributed by atoms with van der Waals surface area (Å²) < 4.78 is 25.7. The van der Waals surface area contributed by atoms with E-state index in [0.717, 1.165) is 24.1 Å². The number of fused-ring (bicyclic) bond motifs is 1. The molecule has 2 aromatic heterocycles. The summed E-state index contributed by atoms with van der Waals surface area (Å²) in [5.74, 6) is -0.876. The number of ether oxygens (including phenoxy) is 1. The second-order valence-corrected chi connectivity index (χ2v) is 8.02. The van der Waals surface area contributed by atoms with Crippen molar-refractivity contribution in [2.75, 3.05) is 5.32 Å². The van der Waals surface area contributed by atoms with Crippen molar-refractivity contribution in [2.45, 2.75) is 32.3 Å². The van der Waals surface area contributed by atoms with Gasteiger partial charge >= 0.3 is 5.97 Å². The average molecular weight is 460 g/mol. The molecule has 5 rings (SSSR count). The lowest BCUT2D eigenvalue weighted by Crippen LogP contribution is -2.26. The van der Waals surface area contributed by atoms with Gasteiger partial charge in [-0.15, -0.1) is 0 Å². The van der Waals surface area contributed by atoms with Gasteiger partial charge in [0.05, 0.1) is 5.69 Å². The number of aryl methyl sites for hydroxylation is 1. The van der Waals surface area contributed by atoms with E-state index in [4.69, 9.17) is 9.26 Å². The van der Waals surface area contributed by atoms with Crippen LogP contribution in [-0.2, 0) is 22.4 Å². The molecule has 172 valence electrons. The summed E-state index contributed by atoms with van der Waals surface area (Å²) in [6, 6.07) is 16.2. The van der Waals surface area contributed by atoms with Gasteiger partial charge < -0.3 is 14.6 Å². The molecule has 0 saturated carbocycles. The van der Waals surface area contributed by atoms with E-state index < -0.39 is 18.0 Å². The first-order valence-electron chi connectivity index (χ1n) is 10.9. The van der Waals surface area contributed by atoms with Gasteiger partial charge in [-0.1, -0.05) is 35.5 Å². The number of nitrogens with zero attached hydrogens (tertiary/aromatic N) is 3. The molecular weight excluding hydrogens is 439 g/mol. The molecule has 1 aliphatic carbocycles. The Kier molecular flexibility index (Phi) is 5.67. The van der Waals surface area contributed by atoms with Crippen LogP contribution in [0.15, 0.2) is 65.2 Å². The molecule has 0 radical (unpaired) electrons. The summed E-state index contributed by atoms with van der Waals surface area (Å²) in [6.07, 6.45) is 1.05. The molecule has 9 heteroatoms. The first kappa shape index (κ1) is 21.6. The van der Waals surface area contributed by atoms with E-state index in [1.165, 1.54) is 12.1 Å². The Balaban J connectivity index is 1.45. The molecule has 4 aromatic rings. The summed E-state index contributed by atoms with van der Waals surface area (Å²) in [5, 5.41) is 10.9. The number of aromatic nitrogens is 3. The third kappa shape index (κ3) is 4.19. The molecule has 0 spiro atoms. The number of hydrogen-bond acceptors (Lipinski definition) is 6. The lowest BCUT2D eigenvalue weighted by molar-refractivity contribution is -0.125. The average Bonchev–Trinajstić information content (AvgIpc) is 3.55. The van der Waals surface area contributed by atoms with Crippen LogP contribution < -0.4 is 5.32 Å². The first-order valence-corrected chi connectivity index (χ1v) is 10.9. The molecule has 0 bridgehead atoms. The molecule has 0 fully saturated rings. The van der Waals surface area contributed by atoms with Gasteiger partial charge in [-0.3, -0.25) is 4.79 Å². The van der Waals surface area contributed by atoms with Crippen molar-refractivity contribution < 1.29 is 23.2 Å². The zero-order valence-electron chi connectivity index (χ0n) is 18.3. The van der Waals surface area contributed by atoms with Crippen LogP contribution in [0, 0.1) is 12.7 Å². The van der Waals surface area contributed by atoms with Gasteiger partial charge in [0.2, 0.25) is 6.10 Å². The minimum atomic E-state index is -1.22. The maximum absolute atomic E-state index is 13.4. The molecule has 34 heavy (non-hydrogen) atoms. The van der Waals surface area contributed by atoms with E-state index in [1.807, 2.05) is 0 Å². The predicted octanol–water partition coefficient (Wildman–Crippen LogP) is 4.33. The predicted molar refractivity (Wildman–Crippen MR) is 120 cm³/mol. The number of hydrogen-bond donors (Lipinski definition) is 1. The molecule has 2 aromatic carbocycles. The Labute approximate surface area is 194 Å².